The maximum Gasteiger partial charge on any atom is 0.269 e. The van der Waals surface area contributed by atoms with Gasteiger partial charge < -0.3 is 0 Å². The molecule has 0 saturated heterocycles. The number of anilines is 1. The Morgan fingerprint density at radius 2 is 2.04 bits per heavy atom. The van der Waals surface area contributed by atoms with Crippen molar-refractivity contribution in [2.45, 2.75) is 50.8 Å². The second kappa shape index (κ2) is 9.91. The van der Waals surface area contributed by atoms with Crippen molar-refractivity contribution in [2.75, 3.05) is 11.9 Å². The lowest BCUT2D eigenvalue weighted by molar-refractivity contribution is 0.102. The second-order valence-electron chi connectivity index (χ2n) is 6.47. The highest BCUT2D eigenvalue weighted by Crippen LogP contribution is 2.21. The van der Waals surface area contributed by atoms with Crippen LogP contribution in [0.15, 0.2) is 28.6 Å². The fourth-order valence-corrected chi connectivity index (χ4v) is 4.61. The fourth-order valence-electron chi connectivity index (χ4n) is 2.56. The monoisotopic (exact) mass is 410 g/mol. The molecule has 148 valence electrons. The van der Waals surface area contributed by atoms with E-state index in [0.29, 0.717) is 18.0 Å². The van der Waals surface area contributed by atoms with Crippen molar-refractivity contribution in [3.05, 3.63) is 35.4 Å². The van der Waals surface area contributed by atoms with E-state index in [-0.39, 0.29) is 15.4 Å². The number of carbonyl (C=O) groups is 1. The smallest absolute Gasteiger partial charge is 0.269 e. The van der Waals surface area contributed by atoms with Gasteiger partial charge in [-0.25, -0.2) is 13.1 Å². The number of nitrogens with zero attached hydrogens (tertiary/aromatic N) is 2. The van der Waals surface area contributed by atoms with Crippen molar-refractivity contribution >= 4 is 32.4 Å². The van der Waals surface area contributed by atoms with Gasteiger partial charge in [-0.2, -0.15) is 0 Å². The van der Waals surface area contributed by atoms with Crippen LogP contribution in [0.25, 0.3) is 0 Å². The average molecular weight is 411 g/mol. The van der Waals surface area contributed by atoms with E-state index in [4.69, 9.17) is 0 Å². The summed E-state index contributed by atoms with van der Waals surface area (Å²) < 4.78 is 27.3. The topological polar surface area (TPSA) is 101 Å². The number of sulfonamides is 1. The molecule has 0 unspecified atom stereocenters. The zero-order valence-corrected chi connectivity index (χ0v) is 17.5. The molecular formula is C18H26N4O3S2. The molecule has 0 spiro atoms. The van der Waals surface area contributed by atoms with Gasteiger partial charge >= 0.3 is 0 Å². The molecule has 0 aliphatic rings. The molecule has 9 heteroatoms. The van der Waals surface area contributed by atoms with Gasteiger partial charge in [-0.15, -0.1) is 10.2 Å². The highest BCUT2D eigenvalue weighted by molar-refractivity contribution is 7.91. The van der Waals surface area contributed by atoms with Crippen LogP contribution in [-0.4, -0.2) is 31.1 Å². The molecule has 0 aliphatic heterocycles. The third-order valence-corrected chi connectivity index (χ3v) is 6.87. The first-order valence-electron chi connectivity index (χ1n) is 9.07. The molecule has 27 heavy (non-hydrogen) atoms. The summed E-state index contributed by atoms with van der Waals surface area (Å²) in [5.41, 5.74) is 1.44. The highest BCUT2D eigenvalue weighted by Gasteiger charge is 2.22. The van der Waals surface area contributed by atoms with E-state index in [0.717, 1.165) is 42.6 Å². The molecule has 1 aromatic heterocycles. The van der Waals surface area contributed by atoms with Crippen molar-refractivity contribution in [3.63, 3.8) is 0 Å². The molecule has 1 heterocycles. The minimum atomic E-state index is -3.73. The Morgan fingerprint density at radius 3 is 2.70 bits per heavy atom. The Balaban J connectivity index is 1.99. The maximum absolute atomic E-state index is 12.4. The molecule has 2 rings (SSSR count). The molecule has 1 aromatic carbocycles. The molecule has 2 aromatic rings. The van der Waals surface area contributed by atoms with Crippen molar-refractivity contribution < 1.29 is 13.2 Å². The number of hydrogen-bond donors (Lipinski definition) is 2. The molecule has 2 N–H and O–H groups in total. The second-order valence-corrected chi connectivity index (χ2v) is 9.38. The lowest BCUT2D eigenvalue weighted by Crippen LogP contribution is -2.29. The summed E-state index contributed by atoms with van der Waals surface area (Å²) in [5, 5.41) is 10.3. The average Bonchev–Trinajstić information content (AvgIpc) is 3.11. The maximum atomic E-state index is 12.4. The Bertz CT molecular complexity index is 865. The van der Waals surface area contributed by atoms with E-state index in [9.17, 15) is 13.2 Å². The van der Waals surface area contributed by atoms with E-state index >= 15 is 0 Å². The van der Waals surface area contributed by atoms with Gasteiger partial charge in [0, 0.05) is 12.1 Å². The summed E-state index contributed by atoms with van der Waals surface area (Å²) in [4.78, 5) is 12.2. The van der Waals surface area contributed by atoms with Gasteiger partial charge in [0.25, 0.3) is 15.9 Å². The van der Waals surface area contributed by atoms with E-state index in [1.54, 1.807) is 18.2 Å². The number of carbonyl (C=O) groups excluding carboxylic acids is 1. The van der Waals surface area contributed by atoms with Crippen LogP contribution in [0.2, 0.25) is 0 Å². The number of aryl methyl sites for hydroxylation is 1. The Kier molecular flexibility index (Phi) is 7.88. The van der Waals surface area contributed by atoms with Gasteiger partial charge in [-0.05, 0) is 31.4 Å². The zero-order valence-electron chi connectivity index (χ0n) is 15.9. The molecule has 0 saturated carbocycles. The van der Waals surface area contributed by atoms with Crippen molar-refractivity contribution in [2.24, 2.45) is 5.92 Å². The van der Waals surface area contributed by atoms with Gasteiger partial charge in [0.2, 0.25) is 9.47 Å². The summed E-state index contributed by atoms with van der Waals surface area (Å²) in [7, 11) is -3.73. The first-order chi connectivity index (χ1) is 12.9. The largest absolute Gasteiger partial charge is 0.296 e. The van der Waals surface area contributed by atoms with Crippen LogP contribution in [0.3, 0.4) is 0 Å². The number of nitrogens with one attached hydrogen (secondary N) is 2. The van der Waals surface area contributed by atoms with Crippen molar-refractivity contribution in [1.82, 2.24) is 14.9 Å². The first-order valence-corrected chi connectivity index (χ1v) is 11.4. The van der Waals surface area contributed by atoms with Crippen LogP contribution in [0, 0.1) is 12.8 Å². The fraction of sp³-hybridized carbons (Fsp3) is 0.500. The van der Waals surface area contributed by atoms with Gasteiger partial charge in [0.1, 0.15) is 0 Å². The number of aromatic nitrogens is 2. The number of unbranched alkanes of at least 4 members (excludes halogenated alkanes) is 1. The van der Waals surface area contributed by atoms with Gasteiger partial charge in [-0.1, -0.05) is 62.1 Å². The Hall–Kier alpha value is -1.84. The summed E-state index contributed by atoms with van der Waals surface area (Å²) >= 11 is 0.840. The molecule has 0 bridgehead atoms. The number of rotatable bonds is 10. The van der Waals surface area contributed by atoms with E-state index < -0.39 is 10.0 Å². The normalized spacial score (nSPS) is 12.7. The van der Waals surface area contributed by atoms with Crippen LogP contribution in [0.5, 0.6) is 0 Å². The molecule has 1 atom stereocenters. The molecule has 1 amide bonds. The summed E-state index contributed by atoms with van der Waals surface area (Å²) in [5.74, 6) is -0.0505. The Morgan fingerprint density at radius 1 is 1.26 bits per heavy atom. The third kappa shape index (κ3) is 6.37. The number of benzene rings is 1. The van der Waals surface area contributed by atoms with Gasteiger partial charge in [-0.3, -0.25) is 10.1 Å². The quantitative estimate of drug-likeness (QED) is 0.583. The number of hydrogen-bond acceptors (Lipinski definition) is 6. The van der Waals surface area contributed by atoms with E-state index in [1.807, 2.05) is 13.0 Å². The summed E-state index contributed by atoms with van der Waals surface area (Å²) in [6, 6.07) is 7.11. The van der Waals surface area contributed by atoms with Crippen LogP contribution in [-0.2, 0) is 10.0 Å². The number of amides is 1. The lowest BCUT2D eigenvalue weighted by atomic mass is 10.00. The van der Waals surface area contributed by atoms with Crippen molar-refractivity contribution in [3.8, 4) is 0 Å². The molecule has 7 nitrogen and oxygen atoms in total. The molecule has 0 aliphatic carbocycles. The van der Waals surface area contributed by atoms with Gasteiger partial charge in [0.05, 0.1) is 0 Å². The predicted molar refractivity (Wildman–Crippen MR) is 108 cm³/mol. The minimum Gasteiger partial charge on any atom is -0.296 e. The standard InChI is InChI=1S/C18H26N4O3S2/c1-4-6-9-14(5-2)12-19-27(24,25)18-22-21-17(26-18)20-16(23)15-10-7-8-13(3)11-15/h7-8,10-11,14,19H,4-6,9,12H2,1-3H3,(H,20,21,23)/t14-/m1/s1. The first kappa shape index (κ1) is 21.5. The third-order valence-electron chi connectivity index (χ3n) is 4.24. The zero-order chi connectivity index (χ0) is 19.9. The minimum absolute atomic E-state index is 0.146. The van der Waals surface area contributed by atoms with Crippen LogP contribution in [0.4, 0.5) is 5.13 Å². The summed E-state index contributed by atoms with van der Waals surface area (Å²) in [6.45, 7) is 6.44. The van der Waals surface area contributed by atoms with E-state index in [2.05, 4.69) is 34.1 Å². The summed E-state index contributed by atoms with van der Waals surface area (Å²) in [6.07, 6.45) is 4.07. The van der Waals surface area contributed by atoms with Crippen LogP contribution < -0.4 is 10.0 Å². The highest BCUT2D eigenvalue weighted by atomic mass is 32.2. The molecule has 0 radical (unpaired) electrons. The van der Waals surface area contributed by atoms with Gasteiger partial charge in [0.15, 0.2) is 0 Å². The van der Waals surface area contributed by atoms with E-state index in [1.165, 1.54) is 0 Å². The molecular weight excluding hydrogens is 384 g/mol. The predicted octanol–water partition coefficient (Wildman–Crippen LogP) is 3.59. The molecule has 0 fully saturated rings. The van der Waals surface area contributed by atoms with Crippen LogP contribution >= 0.6 is 11.3 Å². The van der Waals surface area contributed by atoms with Crippen LogP contribution in [0.1, 0.15) is 55.5 Å². The SMILES string of the molecule is CCCC[C@@H](CC)CNS(=O)(=O)c1nnc(NC(=O)c2cccc(C)c2)s1. The Labute approximate surface area is 164 Å². The van der Waals surface area contributed by atoms with Crippen molar-refractivity contribution in [1.29, 1.82) is 0 Å². The lowest BCUT2D eigenvalue weighted by Gasteiger charge is -2.14.